The SMILES string of the molecule is CNCc1cc(Cl)cc(OC)c1OCCCCO. The van der Waals surface area contributed by atoms with Crippen LogP contribution in [0.25, 0.3) is 0 Å². The number of hydrogen-bond donors (Lipinski definition) is 2. The second-order valence-electron chi connectivity index (χ2n) is 3.91. The van der Waals surface area contributed by atoms with E-state index in [0.717, 1.165) is 18.4 Å². The predicted molar refractivity (Wildman–Crippen MR) is 72.6 cm³/mol. The molecule has 1 aromatic carbocycles. The number of benzene rings is 1. The number of nitrogens with one attached hydrogen (secondary N) is 1. The Balaban J connectivity index is 2.83. The zero-order chi connectivity index (χ0) is 13.4. The summed E-state index contributed by atoms with van der Waals surface area (Å²) in [4.78, 5) is 0. The zero-order valence-electron chi connectivity index (χ0n) is 10.8. The molecule has 0 radical (unpaired) electrons. The molecule has 2 N–H and O–H groups in total. The molecular formula is C13H20ClNO3. The van der Waals surface area contributed by atoms with Gasteiger partial charge in [-0.25, -0.2) is 0 Å². The van der Waals surface area contributed by atoms with Gasteiger partial charge in [0.15, 0.2) is 11.5 Å². The fraction of sp³-hybridized carbons (Fsp3) is 0.538. The number of ether oxygens (including phenoxy) is 2. The Bertz CT molecular complexity index is 371. The first-order valence-electron chi connectivity index (χ1n) is 5.97. The van der Waals surface area contributed by atoms with Gasteiger partial charge in [-0.3, -0.25) is 0 Å². The van der Waals surface area contributed by atoms with E-state index < -0.39 is 0 Å². The highest BCUT2D eigenvalue weighted by molar-refractivity contribution is 6.30. The van der Waals surface area contributed by atoms with E-state index in [4.69, 9.17) is 26.2 Å². The lowest BCUT2D eigenvalue weighted by molar-refractivity contribution is 0.246. The van der Waals surface area contributed by atoms with E-state index in [1.807, 2.05) is 13.1 Å². The summed E-state index contributed by atoms with van der Waals surface area (Å²) in [7, 11) is 3.46. The van der Waals surface area contributed by atoms with Crippen LogP contribution in [0.15, 0.2) is 12.1 Å². The van der Waals surface area contributed by atoms with Gasteiger partial charge in [0.05, 0.1) is 13.7 Å². The van der Waals surface area contributed by atoms with Crippen molar-refractivity contribution in [1.29, 1.82) is 0 Å². The molecule has 0 bridgehead atoms. The molecule has 0 saturated carbocycles. The van der Waals surface area contributed by atoms with Crippen molar-refractivity contribution in [2.24, 2.45) is 0 Å². The summed E-state index contributed by atoms with van der Waals surface area (Å²) in [6, 6.07) is 3.60. The van der Waals surface area contributed by atoms with Crippen molar-refractivity contribution in [3.63, 3.8) is 0 Å². The standard InChI is InChI=1S/C13H20ClNO3/c1-15-9-10-7-11(14)8-12(17-2)13(10)18-6-4-3-5-16/h7-8,15-16H,3-6,9H2,1-2H3. The third kappa shape index (κ3) is 4.37. The van der Waals surface area contributed by atoms with E-state index in [0.29, 0.717) is 29.7 Å². The molecule has 102 valence electrons. The Kier molecular flexibility index (Phi) is 6.86. The summed E-state index contributed by atoms with van der Waals surface area (Å²) >= 11 is 6.02. The third-order valence-corrected chi connectivity index (χ3v) is 2.70. The molecule has 5 heteroatoms. The van der Waals surface area contributed by atoms with Gasteiger partial charge >= 0.3 is 0 Å². The highest BCUT2D eigenvalue weighted by Crippen LogP contribution is 2.34. The topological polar surface area (TPSA) is 50.7 Å². The summed E-state index contributed by atoms with van der Waals surface area (Å²) in [6.07, 6.45) is 1.54. The monoisotopic (exact) mass is 273 g/mol. The molecule has 0 aliphatic heterocycles. The summed E-state index contributed by atoms with van der Waals surface area (Å²) in [6.45, 7) is 1.39. The third-order valence-electron chi connectivity index (χ3n) is 2.48. The van der Waals surface area contributed by atoms with Gasteiger partial charge in [0, 0.05) is 29.8 Å². The van der Waals surface area contributed by atoms with E-state index in [-0.39, 0.29) is 6.61 Å². The van der Waals surface area contributed by atoms with Crippen LogP contribution in [0.4, 0.5) is 0 Å². The van der Waals surface area contributed by atoms with Crippen LogP contribution in [-0.4, -0.2) is 32.5 Å². The predicted octanol–water partition coefficient (Wildman–Crippen LogP) is 2.22. The summed E-state index contributed by atoms with van der Waals surface area (Å²) in [5.41, 5.74) is 0.964. The molecule has 0 aliphatic rings. The maximum Gasteiger partial charge on any atom is 0.165 e. The zero-order valence-corrected chi connectivity index (χ0v) is 11.6. The van der Waals surface area contributed by atoms with E-state index in [9.17, 15) is 0 Å². The Morgan fingerprint density at radius 1 is 1.33 bits per heavy atom. The molecule has 0 fully saturated rings. The average molecular weight is 274 g/mol. The van der Waals surface area contributed by atoms with Crippen LogP contribution < -0.4 is 14.8 Å². The number of aliphatic hydroxyl groups excluding tert-OH is 1. The van der Waals surface area contributed by atoms with Crippen LogP contribution in [0.2, 0.25) is 5.02 Å². The molecule has 0 spiro atoms. The molecule has 1 aromatic rings. The van der Waals surface area contributed by atoms with Crippen LogP contribution in [-0.2, 0) is 6.54 Å². The number of methoxy groups -OCH3 is 1. The van der Waals surface area contributed by atoms with Crippen LogP contribution in [0.1, 0.15) is 18.4 Å². The van der Waals surface area contributed by atoms with E-state index in [2.05, 4.69) is 5.32 Å². The Morgan fingerprint density at radius 2 is 2.11 bits per heavy atom. The number of hydrogen-bond acceptors (Lipinski definition) is 4. The van der Waals surface area contributed by atoms with Gasteiger partial charge in [-0.15, -0.1) is 0 Å². The molecule has 0 aromatic heterocycles. The molecule has 0 heterocycles. The van der Waals surface area contributed by atoms with Crippen molar-refractivity contribution >= 4 is 11.6 Å². The number of halogens is 1. The van der Waals surface area contributed by atoms with Gasteiger partial charge in [-0.05, 0) is 26.0 Å². The van der Waals surface area contributed by atoms with E-state index in [1.54, 1.807) is 13.2 Å². The second-order valence-corrected chi connectivity index (χ2v) is 4.34. The van der Waals surface area contributed by atoms with Gasteiger partial charge in [-0.1, -0.05) is 11.6 Å². The van der Waals surface area contributed by atoms with Crippen molar-refractivity contribution in [3.8, 4) is 11.5 Å². The van der Waals surface area contributed by atoms with Gasteiger partial charge in [0.2, 0.25) is 0 Å². The lowest BCUT2D eigenvalue weighted by Crippen LogP contribution is -2.09. The second kappa shape index (κ2) is 8.19. The minimum atomic E-state index is 0.185. The van der Waals surface area contributed by atoms with Crippen LogP contribution >= 0.6 is 11.6 Å². The average Bonchev–Trinajstić information content (AvgIpc) is 2.36. The van der Waals surface area contributed by atoms with Gasteiger partial charge < -0.3 is 19.9 Å². The lowest BCUT2D eigenvalue weighted by Gasteiger charge is -2.15. The summed E-state index contributed by atoms with van der Waals surface area (Å²) in [5, 5.41) is 12.4. The quantitative estimate of drug-likeness (QED) is 0.713. The van der Waals surface area contributed by atoms with E-state index in [1.165, 1.54) is 0 Å². The molecule has 0 atom stereocenters. The van der Waals surface area contributed by atoms with Crippen molar-refractivity contribution in [3.05, 3.63) is 22.7 Å². The first kappa shape index (κ1) is 15.1. The number of unbranched alkanes of at least 4 members (excludes halogenated alkanes) is 1. The molecule has 1 rings (SSSR count). The number of aliphatic hydroxyl groups is 1. The highest BCUT2D eigenvalue weighted by Gasteiger charge is 2.12. The number of rotatable bonds is 8. The molecule has 4 nitrogen and oxygen atoms in total. The van der Waals surface area contributed by atoms with Gasteiger partial charge in [-0.2, -0.15) is 0 Å². The van der Waals surface area contributed by atoms with Crippen molar-refractivity contribution in [1.82, 2.24) is 5.32 Å². The van der Waals surface area contributed by atoms with Crippen LogP contribution in [0.3, 0.4) is 0 Å². The fourth-order valence-electron chi connectivity index (χ4n) is 1.65. The Hall–Kier alpha value is -0.970. The minimum absolute atomic E-state index is 0.185. The van der Waals surface area contributed by atoms with E-state index >= 15 is 0 Å². The minimum Gasteiger partial charge on any atom is -0.493 e. The summed E-state index contributed by atoms with van der Waals surface area (Å²) < 4.78 is 11.0. The van der Waals surface area contributed by atoms with Gasteiger partial charge in [0.25, 0.3) is 0 Å². The molecule has 0 amide bonds. The smallest absolute Gasteiger partial charge is 0.165 e. The fourth-order valence-corrected chi connectivity index (χ4v) is 1.88. The van der Waals surface area contributed by atoms with Crippen molar-refractivity contribution in [2.45, 2.75) is 19.4 Å². The molecule has 0 aliphatic carbocycles. The molecule has 18 heavy (non-hydrogen) atoms. The van der Waals surface area contributed by atoms with Gasteiger partial charge in [0.1, 0.15) is 0 Å². The molecular weight excluding hydrogens is 254 g/mol. The van der Waals surface area contributed by atoms with Crippen LogP contribution in [0.5, 0.6) is 11.5 Å². The van der Waals surface area contributed by atoms with Crippen LogP contribution in [0, 0.1) is 0 Å². The molecule has 0 unspecified atom stereocenters. The lowest BCUT2D eigenvalue weighted by atomic mass is 10.2. The Morgan fingerprint density at radius 3 is 2.72 bits per heavy atom. The molecule has 0 saturated heterocycles. The summed E-state index contributed by atoms with van der Waals surface area (Å²) in [5.74, 6) is 1.35. The maximum absolute atomic E-state index is 8.73. The first-order valence-corrected chi connectivity index (χ1v) is 6.35. The Labute approximate surface area is 113 Å². The normalized spacial score (nSPS) is 10.4. The highest BCUT2D eigenvalue weighted by atomic mass is 35.5. The van der Waals surface area contributed by atoms with Crippen molar-refractivity contribution < 1.29 is 14.6 Å². The first-order chi connectivity index (χ1) is 8.72. The maximum atomic E-state index is 8.73. The largest absolute Gasteiger partial charge is 0.493 e. The van der Waals surface area contributed by atoms with Crippen molar-refractivity contribution in [2.75, 3.05) is 27.4 Å².